The highest BCUT2D eigenvalue weighted by Crippen LogP contribution is 2.26. The van der Waals surface area contributed by atoms with Crippen LogP contribution in [0.2, 0.25) is 5.02 Å². The van der Waals surface area contributed by atoms with Crippen molar-refractivity contribution in [1.82, 2.24) is 0 Å². The van der Waals surface area contributed by atoms with Crippen LogP contribution in [-0.2, 0) is 4.74 Å². The predicted octanol–water partition coefficient (Wildman–Crippen LogP) is 3.66. The normalized spacial score (nSPS) is 11.0. The molecule has 19 heavy (non-hydrogen) atoms. The Balaban J connectivity index is 2.95. The van der Waals surface area contributed by atoms with E-state index in [1.807, 2.05) is 0 Å². The molecular formula is C14H19ClN2O2. The van der Waals surface area contributed by atoms with Crippen molar-refractivity contribution in [3.8, 4) is 0 Å². The van der Waals surface area contributed by atoms with Crippen molar-refractivity contribution in [2.24, 2.45) is 5.73 Å². The van der Waals surface area contributed by atoms with E-state index >= 15 is 0 Å². The maximum Gasteiger partial charge on any atom is 0.412 e. The maximum atomic E-state index is 11.7. The number of hydrogen-bond acceptors (Lipinski definition) is 3. The first-order chi connectivity index (χ1) is 8.73. The third kappa shape index (κ3) is 4.93. The third-order valence-corrected chi connectivity index (χ3v) is 2.48. The van der Waals surface area contributed by atoms with Crippen LogP contribution in [0.15, 0.2) is 24.8 Å². The molecule has 0 atom stereocenters. The van der Waals surface area contributed by atoms with Gasteiger partial charge in [0.25, 0.3) is 0 Å². The first kappa shape index (κ1) is 15.5. The fourth-order valence-corrected chi connectivity index (χ4v) is 1.61. The number of amides is 1. The van der Waals surface area contributed by atoms with Crippen molar-refractivity contribution in [3.63, 3.8) is 0 Å². The molecule has 3 N–H and O–H groups in total. The van der Waals surface area contributed by atoms with Crippen LogP contribution in [-0.4, -0.2) is 18.2 Å². The molecule has 5 heteroatoms. The smallest absolute Gasteiger partial charge is 0.412 e. The molecule has 104 valence electrons. The number of nitrogens with two attached hydrogens (primary N) is 1. The van der Waals surface area contributed by atoms with E-state index in [0.717, 1.165) is 0 Å². The minimum atomic E-state index is -0.554. The predicted molar refractivity (Wildman–Crippen MR) is 79.4 cm³/mol. The quantitative estimate of drug-likeness (QED) is 0.889. The average Bonchev–Trinajstić information content (AvgIpc) is 2.28. The van der Waals surface area contributed by atoms with Crippen molar-refractivity contribution in [2.45, 2.75) is 26.4 Å². The standard InChI is InChI=1S/C14H19ClN2O2/c1-9(8-16)11-7-10(15)5-6-12(11)17-13(18)19-14(2,3)4/h5-7H,1,8,16H2,2-4H3,(H,17,18). The number of ether oxygens (including phenoxy) is 1. The zero-order valence-electron chi connectivity index (χ0n) is 11.4. The molecule has 1 aromatic carbocycles. The van der Waals surface area contributed by atoms with Gasteiger partial charge in [0.1, 0.15) is 5.60 Å². The molecule has 0 aliphatic heterocycles. The fraction of sp³-hybridized carbons (Fsp3) is 0.357. The first-order valence-electron chi connectivity index (χ1n) is 5.90. The van der Waals surface area contributed by atoms with Gasteiger partial charge >= 0.3 is 6.09 Å². The van der Waals surface area contributed by atoms with E-state index in [9.17, 15) is 4.79 Å². The SMILES string of the molecule is C=C(CN)c1cc(Cl)ccc1NC(=O)OC(C)(C)C. The van der Waals surface area contributed by atoms with Gasteiger partial charge < -0.3 is 10.5 Å². The van der Waals surface area contributed by atoms with Gasteiger partial charge in [-0.05, 0) is 44.5 Å². The molecular weight excluding hydrogens is 264 g/mol. The molecule has 0 radical (unpaired) electrons. The van der Waals surface area contributed by atoms with E-state index in [1.54, 1.807) is 39.0 Å². The van der Waals surface area contributed by atoms with Gasteiger partial charge in [0.05, 0.1) is 5.69 Å². The summed E-state index contributed by atoms with van der Waals surface area (Å²) >= 11 is 5.94. The number of carbonyl (C=O) groups is 1. The second-order valence-corrected chi connectivity index (χ2v) is 5.56. The molecule has 0 saturated carbocycles. The Bertz CT molecular complexity index is 493. The van der Waals surface area contributed by atoms with Crippen molar-refractivity contribution in [1.29, 1.82) is 0 Å². The molecule has 0 fully saturated rings. The van der Waals surface area contributed by atoms with Crippen LogP contribution in [0.3, 0.4) is 0 Å². The van der Waals surface area contributed by atoms with Gasteiger partial charge in [-0.3, -0.25) is 5.32 Å². The molecule has 0 bridgehead atoms. The summed E-state index contributed by atoms with van der Waals surface area (Å²) in [6, 6.07) is 5.09. The second kappa shape index (κ2) is 6.08. The molecule has 1 amide bonds. The van der Waals surface area contributed by atoms with Gasteiger partial charge in [-0.25, -0.2) is 4.79 Å². The Morgan fingerprint density at radius 1 is 1.47 bits per heavy atom. The fourth-order valence-electron chi connectivity index (χ4n) is 1.44. The number of benzene rings is 1. The monoisotopic (exact) mass is 282 g/mol. The Morgan fingerprint density at radius 3 is 2.63 bits per heavy atom. The highest BCUT2D eigenvalue weighted by molar-refractivity contribution is 6.30. The van der Waals surface area contributed by atoms with Gasteiger partial charge in [0, 0.05) is 17.1 Å². The lowest BCUT2D eigenvalue weighted by molar-refractivity contribution is 0.0636. The number of rotatable bonds is 3. The summed E-state index contributed by atoms with van der Waals surface area (Å²) in [5.41, 5.74) is 6.99. The molecule has 4 nitrogen and oxygen atoms in total. The van der Waals surface area contributed by atoms with Crippen LogP contribution in [0.1, 0.15) is 26.3 Å². The lowest BCUT2D eigenvalue weighted by atomic mass is 10.1. The van der Waals surface area contributed by atoms with E-state index in [2.05, 4.69) is 11.9 Å². The van der Waals surface area contributed by atoms with E-state index in [4.69, 9.17) is 22.1 Å². The van der Waals surface area contributed by atoms with E-state index < -0.39 is 11.7 Å². The summed E-state index contributed by atoms with van der Waals surface area (Å²) in [7, 11) is 0. The largest absolute Gasteiger partial charge is 0.444 e. The van der Waals surface area contributed by atoms with E-state index in [1.165, 1.54) is 0 Å². The summed E-state index contributed by atoms with van der Waals surface area (Å²) in [4.78, 5) is 11.7. The van der Waals surface area contributed by atoms with Gasteiger partial charge in [-0.1, -0.05) is 18.2 Å². The topological polar surface area (TPSA) is 64.3 Å². The van der Waals surface area contributed by atoms with Gasteiger partial charge in [0.2, 0.25) is 0 Å². The minimum Gasteiger partial charge on any atom is -0.444 e. The van der Waals surface area contributed by atoms with Crippen molar-refractivity contribution in [2.75, 3.05) is 11.9 Å². The number of halogens is 1. The molecule has 0 aromatic heterocycles. The minimum absolute atomic E-state index is 0.281. The summed E-state index contributed by atoms with van der Waals surface area (Å²) in [5.74, 6) is 0. The van der Waals surface area contributed by atoms with Crippen molar-refractivity contribution in [3.05, 3.63) is 35.4 Å². The van der Waals surface area contributed by atoms with Crippen LogP contribution >= 0.6 is 11.6 Å². The van der Waals surface area contributed by atoms with Crippen LogP contribution in [0.25, 0.3) is 5.57 Å². The van der Waals surface area contributed by atoms with Crippen LogP contribution in [0.4, 0.5) is 10.5 Å². The zero-order chi connectivity index (χ0) is 14.6. The first-order valence-corrected chi connectivity index (χ1v) is 6.28. The van der Waals surface area contributed by atoms with Crippen LogP contribution in [0.5, 0.6) is 0 Å². The lowest BCUT2D eigenvalue weighted by Gasteiger charge is -2.20. The van der Waals surface area contributed by atoms with Crippen molar-refractivity contribution < 1.29 is 9.53 Å². The molecule has 0 aliphatic carbocycles. The number of anilines is 1. The molecule has 1 rings (SSSR count). The number of nitrogens with one attached hydrogen (secondary N) is 1. The molecule has 0 saturated heterocycles. The number of carbonyl (C=O) groups excluding carboxylic acids is 1. The summed E-state index contributed by atoms with van der Waals surface area (Å²) in [5, 5.41) is 3.23. The molecule has 1 aromatic rings. The maximum absolute atomic E-state index is 11.7. The van der Waals surface area contributed by atoms with E-state index in [0.29, 0.717) is 21.8 Å². The van der Waals surface area contributed by atoms with E-state index in [-0.39, 0.29) is 6.54 Å². The molecule has 0 heterocycles. The molecule has 0 aliphatic rings. The van der Waals surface area contributed by atoms with Gasteiger partial charge in [-0.2, -0.15) is 0 Å². The summed E-state index contributed by atoms with van der Waals surface area (Å²) < 4.78 is 5.20. The Kier molecular flexibility index (Phi) is 4.97. The Labute approximate surface area is 118 Å². The summed E-state index contributed by atoms with van der Waals surface area (Å²) in [6.07, 6.45) is -0.527. The number of hydrogen-bond donors (Lipinski definition) is 2. The lowest BCUT2D eigenvalue weighted by Crippen LogP contribution is -2.27. The molecule has 0 spiro atoms. The van der Waals surface area contributed by atoms with Crippen LogP contribution < -0.4 is 11.1 Å². The van der Waals surface area contributed by atoms with Crippen molar-refractivity contribution >= 4 is 29.0 Å². The zero-order valence-corrected chi connectivity index (χ0v) is 12.2. The second-order valence-electron chi connectivity index (χ2n) is 5.12. The highest BCUT2D eigenvalue weighted by atomic mass is 35.5. The Morgan fingerprint density at radius 2 is 2.11 bits per heavy atom. The highest BCUT2D eigenvalue weighted by Gasteiger charge is 2.17. The van der Waals surface area contributed by atoms with Gasteiger partial charge in [-0.15, -0.1) is 0 Å². The Hall–Kier alpha value is -1.52. The van der Waals surface area contributed by atoms with Crippen LogP contribution in [0, 0.1) is 0 Å². The summed E-state index contributed by atoms with van der Waals surface area (Å²) in [6.45, 7) is 9.53. The third-order valence-electron chi connectivity index (χ3n) is 2.24. The molecule has 0 unspecified atom stereocenters. The average molecular weight is 283 g/mol. The van der Waals surface area contributed by atoms with Gasteiger partial charge in [0.15, 0.2) is 0 Å².